The molecule has 0 radical (unpaired) electrons. The third-order valence-corrected chi connectivity index (χ3v) is 9.24. The van der Waals surface area contributed by atoms with Gasteiger partial charge in [-0.25, -0.2) is 17.8 Å². The van der Waals surface area contributed by atoms with Crippen molar-refractivity contribution in [3.8, 4) is 5.75 Å². The van der Waals surface area contributed by atoms with Crippen molar-refractivity contribution < 1.29 is 35.9 Å². The van der Waals surface area contributed by atoms with Gasteiger partial charge in [0.25, 0.3) is 5.91 Å². The van der Waals surface area contributed by atoms with Gasteiger partial charge in [0, 0.05) is 11.3 Å². The Balaban J connectivity index is 1.70. The summed E-state index contributed by atoms with van der Waals surface area (Å²) in [5, 5.41) is 1.39. The van der Waals surface area contributed by atoms with Gasteiger partial charge >= 0.3 is 6.61 Å². The molecule has 1 saturated heterocycles. The number of fused-ring (bicyclic) bond motifs is 1. The maximum absolute atomic E-state index is 15.1. The van der Waals surface area contributed by atoms with Crippen LogP contribution in [0.2, 0.25) is 0 Å². The first-order valence-corrected chi connectivity index (χ1v) is 12.0. The molecule has 1 aromatic heterocycles. The maximum Gasteiger partial charge on any atom is 0.387 e. The summed E-state index contributed by atoms with van der Waals surface area (Å²) in [4.78, 5) is 21.1. The third kappa shape index (κ3) is 4.01. The predicted molar refractivity (Wildman–Crippen MR) is 121 cm³/mol. The van der Waals surface area contributed by atoms with Gasteiger partial charge in [-0.3, -0.25) is 9.79 Å². The summed E-state index contributed by atoms with van der Waals surface area (Å²) in [5.41, 5.74) is 4.65. The largest absolute Gasteiger partial charge is 0.433 e. The van der Waals surface area contributed by atoms with E-state index in [1.807, 2.05) is 0 Å². The van der Waals surface area contributed by atoms with Crippen LogP contribution in [-0.4, -0.2) is 55.0 Å². The minimum atomic E-state index is -3.92. The topological polar surface area (TPSA) is 133 Å². The quantitative estimate of drug-likeness (QED) is 0.629. The molecule has 0 unspecified atom stereocenters. The highest BCUT2D eigenvalue weighted by atomic mass is 32.2. The molecule has 0 aliphatic carbocycles. The summed E-state index contributed by atoms with van der Waals surface area (Å²) in [7, 11) is -3.92. The van der Waals surface area contributed by atoms with Gasteiger partial charge in [-0.15, -0.1) is 0 Å². The number of hydrogen-bond acceptors (Lipinski definition) is 8. The van der Waals surface area contributed by atoms with Crippen molar-refractivity contribution >= 4 is 27.3 Å². The molecule has 35 heavy (non-hydrogen) atoms. The fourth-order valence-corrected chi connectivity index (χ4v) is 6.33. The zero-order chi connectivity index (χ0) is 25.8. The van der Waals surface area contributed by atoms with E-state index in [0.717, 1.165) is 12.3 Å². The number of amidine groups is 1. The number of pyridine rings is 1. The maximum atomic E-state index is 15.1. The number of benzene rings is 1. The number of ether oxygens (including phenoxy) is 2. The molecule has 3 N–H and O–H groups in total. The predicted octanol–water partition coefficient (Wildman–Crippen LogP) is 2.54. The standard InChI is InChI=1S/C22H23F3N4O5S/c1-11-6-13(34-20(24)25)8-27-17(11)18(30)28-12-4-5-15(23)14(7-12)22-10-33-9-16(22)35(31,32)21(2,3)19(26)29-22/h4-8,16,20H,9-10H2,1-3H3,(H2,26,29)(H,28,30)/t16-,22-/m0/s1. The Bertz CT molecular complexity index is 1330. The molecule has 2 aromatic rings. The van der Waals surface area contributed by atoms with Gasteiger partial charge in [0.1, 0.15) is 38.6 Å². The second kappa shape index (κ2) is 8.48. The van der Waals surface area contributed by atoms with Crippen molar-refractivity contribution in [3.63, 3.8) is 0 Å². The number of aliphatic imine (C=N–C) groups is 1. The third-order valence-electron chi connectivity index (χ3n) is 6.33. The molecule has 3 heterocycles. The number of sulfone groups is 1. The van der Waals surface area contributed by atoms with Gasteiger partial charge < -0.3 is 20.5 Å². The SMILES string of the molecule is Cc1cc(OC(F)F)cnc1C(=O)Nc1ccc(F)c([C@@]23COC[C@@H]2S(=O)(=O)C(C)(C)C(N)=N3)c1. The van der Waals surface area contributed by atoms with E-state index in [4.69, 9.17) is 10.5 Å². The van der Waals surface area contributed by atoms with E-state index >= 15 is 4.39 Å². The van der Waals surface area contributed by atoms with Crippen LogP contribution >= 0.6 is 0 Å². The Hall–Kier alpha value is -3.19. The average molecular weight is 513 g/mol. The number of carbonyl (C=O) groups excluding carboxylic acids is 1. The molecule has 4 rings (SSSR count). The van der Waals surface area contributed by atoms with Crippen LogP contribution < -0.4 is 15.8 Å². The molecule has 9 nitrogen and oxygen atoms in total. The van der Waals surface area contributed by atoms with Crippen molar-refractivity contribution in [2.75, 3.05) is 18.5 Å². The Morgan fingerprint density at radius 2 is 2.03 bits per heavy atom. The first kappa shape index (κ1) is 24.9. The van der Waals surface area contributed by atoms with Gasteiger partial charge in [0.15, 0.2) is 9.84 Å². The number of anilines is 1. The summed E-state index contributed by atoms with van der Waals surface area (Å²) in [5.74, 6) is -1.81. The monoisotopic (exact) mass is 512 g/mol. The highest BCUT2D eigenvalue weighted by Gasteiger charge is 2.62. The molecule has 1 aromatic carbocycles. The van der Waals surface area contributed by atoms with Crippen molar-refractivity contribution in [2.45, 2.75) is 42.9 Å². The second-order valence-corrected chi connectivity index (χ2v) is 11.5. The number of halogens is 3. The van der Waals surface area contributed by atoms with E-state index in [-0.39, 0.29) is 47.3 Å². The van der Waals surface area contributed by atoms with Crippen molar-refractivity contribution in [2.24, 2.45) is 10.7 Å². The van der Waals surface area contributed by atoms with Crippen LogP contribution in [-0.2, 0) is 20.1 Å². The number of nitrogens with one attached hydrogen (secondary N) is 1. The van der Waals surface area contributed by atoms with Gasteiger partial charge in [-0.2, -0.15) is 8.78 Å². The van der Waals surface area contributed by atoms with Gasteiger partial charge in [-0.05, 0) is 50.6 Å². The fraction of sp³-hybridized carbons (Fsp3) is 0.409. The van der Waals surface area contributed by atoms with Crippen LogP contribution in [0.1, 0.15) is 35.5 Å². The Labute approximate surface area is 199 Å². The molecule has 2 aliphatic heterocycles. The molecule has 0 bridgehead atoms. The highest BCUT2D eigenvalue weighted by Crippen LogP contribution is 2.47. The van der Waals surface area contributed by atoms with Crippen LogP contribution in [0.15, 0.2) is 35.5 Å². The van der Waals surface area contributed by atoms with Crippen LogP contribution in [0.3, 0.4) is 0 Å². The van der Waals surface area contributed by atoms with E-state index in [9.17, 15) is 22.0 Å². The van der Waals surface area contributed by atoms with Crippen LogP contribution in [0.25, 0.3) is 0 Å². The van der Waals surface area contributed by atoms with E-state index < -0.39 is 43.7 Å². The minimum absolute atomic E-state index is 0.0676. The van der Waals surface area contributed by atoms with Crippen molar-refractivity contribution in [1.29, 1.82) is 0 Å². The van der Waals surface area contributed by atoms with Gasteiger partial charge in [-0.1, -0.05) is 0 Å². The highest BCUT2D eigenvalue weighted by molar-refractivity contribution is 7.94. The zero-order valence-electron chi connectivity index (χ0n) is 19.0. The summed E-state index contributed by atoms with van der Waals surface area (Å²) >= 11 is 0. The molecule has 1 amide bonds. The lowest BCUT2D eigenvalue weighted by Gasteiger charge is -2.41. The van der Waals surface area contributed by atoms with Gasteiger partial charge in [0.05, 0.1) is 19.4 Å². The number of hydrogen-bond donors (Lipinski definition) is 2. The number of aryl methyl sites for hydroxylation is 1. The minimum Gasteiger partial charge on any atom is -0.433 e. The fourth-order valence-electron chi connectivity index (χ4n) is 4.24. The number of nitrogens with two attached hydrogens (primary N) is 1. The number of alkyl halides is 2. The van der Waals surface area contributed by atoms with Crippen LogP contribution in [0, 0.1) is 12.7 Å². The molecule has 0 saturated carbocycles. The number of carbonyl (C=O) groups is 1. The van der Waals surface area contributed by atoms with Crippen LogP contribution in [0.5, 0.6) is 5.75 Å². The van der Waals surface area contributed by atoms with Gasteiger partial charge in [0.2, 0.25) is 0 Å². The number of aromatic nitrogens is 1. The summed E-state index contributed by atoms with van der Waals surface area (Å²) in [6, 6.07) is 4.88. The molecule has 0 spiro atoms. The lowest BCUT2D eigenvalue weighted by Crippen LogP contribution is -2.60. The lowest BCUT2D eigenvalue weighted by atomic mass is 9.87. The summed E-state index contributed by atoms with van der Waals surface area (Å²) < 4.78 is 74.7. The first-order valence-electron chi connectivity index (χ1n) is 10.5. The normalized spacial score (nSPS) is 24.5. The molecular weight excluding hydrogens is 489 g/mol. The number of amides is 1. The molecule has 1 fully saturated rings. The van der Waals surface area contributed by atoms with E-state index in [1.165, 1.54) is 39.0 Å². The van der Waals surface area contributed by atoms with E-state index in [2.05, 4.69) is 20.0 Å². The Kier molecular flexibility index (Phi) is 6.04. The summed E-state index contributed by atoms with van der Waals surface area (Å²) in [6.07, 6.45) is 0.982. The number of nitrogens with zero attached hydrogens (tertiary/aromatic N) is 2. The smallest absolute Gasteiger partial charge is 0.387 e. The molecular formula is C22H23F3N4O5S. The Morgan fingerprint density at radius 1 is 1.31 bits per heavy atom. The van der Waals surface area contributed by atoms with E-state index in [1.54, 1.807) is 0 Å². The zero-order valence-corrected chi connectivity index (χ0v) is 19.8. The first-order chi connectivity index (χ1) is 16.3. The van der Waals surface area contributed by atoms with E-state index in [0.29, 0.717) is 0 Å². The van der Waals surface area contributed by atoms with Crippen LogP contribution in [0.4, 0.5) is 18.9 Å². The lowest BCUT2D eigenvalue weighted by molar-refractivity contribution is -0.0501. The number of rotatable bonds is 5. The summed E-state index contributed by atoms with van der Waals surface area (Å²) in [6.45, 7) is 0.916. The van der Waals surface area contributed by atoms with Crippen molar-refractivity contribution in [1.82, 2.24) is 4.98 Å². The molecule has 188 valence electrons. The van der Waals surface area contributed by atoms with Crippen molar-refractivity contribution in [3.05, 3.63) is 53.1 Å². The second-order valence-electron chi connectivity index (χ2n) is 8.84. The molecule has 2 aliphatic rings. The molecule has 13 heteroatoms. The molecule has 2 atom stereocenters. The Morgan fingerprint density at radius 3 is 2.69 bits per heavy atom. The average Bonchev–Trinajstić information content (AvgIpc) is 3.19.